The molecule has 1 aromatic rings. The average molecular weight is 291 g/mol. The second-order valence-corrected chi connectivity index (χ2v) is 5.40. The van der Waals surface area contributed by atoms with Gasteiger partial charge in [0.25, 0.3) is 0 Å². The Labute approximate surface area is 126 Å². The molecular formula is C15H25N5O. The van der Waals surface area contributed by atoms with Gasteiger partial charge in [-0.2, -0.15) is 0 Å². The summed E-state index contributed by atoms with van der Waals surface area (Å²) in [5.74, 6) is 0. The van der Waals surface area contributed by atoms with Crippen molar-refractivity contribution in [2.24, 2.45) is 0 Å². The van der Waals surface area contributed by atoms with Crippen molar-refractivity contribution in [1.82, 2.24) is 20.1 Å². The van der Waals surface area contributed by atoms with Gasteiger partial charge in [0.2, 0.25) is 0 Å². The fourth-order valence-corrected chi connectivity index (χ4v) is 2.50. The van der Waals surface area contributed by atoms with Crippen LogP contribution in [0.4, 0.5) is 10.5 Å². The first-order valence-corrected chi connectivity index (χ1v) is 7.60. The van der Waals surface area contributed by atoms with E-state index in [9.17, 15) is 4.79 Å². The third-order valence-electron chi connectivity index (χ3n) is 3.95. The summed E-state index contributed by atoms with van der Waals surface area (Å²) in [5, 5.41) is 5.70. The quantitative estimate of drug-likeness (QED) is 0.856. The molecule has 1 fully saturated rings. The number of hydrogen-bond acceptors (Lipinski definition) is 4. The number of likely N-dealkylation sites (N-methyl/N-ethyl adjacent to an activating group) is 1. The Kier molecular flexibility index (Phi) is 5.95. The second-order valence-electron chi connectivity index (χ2n) is 5.40. The second kappa shape index (κ2) is 7.95. The zero-order valence-electron chi connectivity index (χ0n) is 12.9. The number of nitrogens with zero attached hydrogens (tertiary/aromatic N) is 3. The van der Waals surface area contributed by atoms with E-state index in [-0.39, 0.29) is 6.03 Å². The monoisotopic (exact) mass is 291 g/mol. The van der Waals surface area contributed by atoms with Crippen LogP contribution in [0.15, 0.2) is 24.5 Å². The van der Waals surface area contributed by atoms with Gasteiger partial charge in [-0.3, -0.25) is 9.88 Å². The molecule has 1 saturated heterocycles. The average Bonchev–Trinajstić information content (AvgIpc) is 2.53. The maximum absolute atomic E-state index is 11.8. The first-order chi connectivity index (χ1) is 10.2. The van der Waals surface area contributed by atoms with Gasteiger partial charge in [0, 0.05) is 45.0 Å². The molecule has 6 nitrogen and oxygen atoms in total. The van der Waals surface area contributed by atoms with Crippen LogP contribution in [0.1, 0.15) is 13.8 Å². The molecule has 0 bridgehead atoms. The van der Waals surface area contributed by atoms with Gasteiger partial charge in [-0.1, -0.05) is 6.92 Å². The number of anilines is 1. The number of nitrogens with one attached hydrogen (secondary N) is 2. The van der Waals surface area contributed by atoms with E-state index < -0.39 is 0 Å². The summed E-state index contributed by atoms with van der Waals surface area (Å²) < 4.78 is 0. The fourth-order valence-electron chi connectivity index (χ4n) is 2.50. The summed E-state index contributed by atoms with van der Waals surface area (Å²) in [6.45, 7) is 10.5. The van der Waals surface area contributed by atoms with Crippen LogP contribution in [0.5, 0.6) is 0 Å². The van der Waals surface area contributed by atoms with Crippen LogP contribution in [-0.2, 0) is 0 Å². The molecule has 6 heteroatoms. The van der Waals surface area contributed by atoms with E-state index in [1.807, 2.05) is 6.07 Å². The number of hydrogen-bond donors (Lipinski definition) is 2. The van der Waals surface area contributed by atoms with Gasteiger partial charge in [-0.25, -0.2) is 4.79 Å². The van der Waals surface area contributed by atoms with Gasteiger partial charge in [0.15, 0.2) is 0 Å². The molecule has 1 aliphatic heterocycles. The first-order valence-electron chi connectivity index (χ1n) is 7.60. The van der Waals surface area contributed by atoms with Gasteiger partial charge in [0.05, 0.1) is 11.9 Å². The number of aromatic nitrogens is 1. The van der Waals surface area contributed by atoms with E-state index in [0.717, 1.165) is 32.7 Å². The van der Waals surface area contributed by atoms with Crippen LogP contribution in [-0.4, -0.2) is 66.1 Å². The van der Waals surface area contributed by atoms with Crippen molar-refractivity contribution in [1.29, 1.82) is 0 Å². The number of piperazine rings is 1. The summed E-state index contributed by atoms with van der Waals surface area (Å²) in [6.07, 6.45) is 3.31. The zero-order chi connectivity index (χ0) is 15.1. The van der Waals surface area contributed by atoms with E-state index in [2.05, 4.69) is 39.3 Å². The summed E-state index contributed by atoms with van der Waals surface area (Å²) in [7, 11) is 0. The van der Waals surface area contributed by atoms with Crippen LogP contribution in [0.25, 0.3) is 0 Å². The lowest BCUT2D eigenvalue weighted by Gasteiger charge is -2.37. The largest absolute Gasteiger partial charge is 0.336 e. The Morgan fingerprint density at radius 1 is 1.38 bits per heavy atom. The minimum atomic E-state index is -0.179. The van der Waals surface area contributed by atoms with E-state index in [0.29, 0.717) is 18.3 Å². The molecule has 1 aliphatic rings. The number of carbonyl (C=O) groups excluding carboxylic acids is 1. The molecule has 2 N–H and O–H groups in total. The smallest absolute Gasteiger partial charge is 0.319 e. The van der Waals surface area contributed by atoms with Gasteiger partial charge >= 0.3 is 6.03 Å². The molecule has 2 rings (SSSR count). The summed E-state index contributed by atoms with van der Waals surface area (Å²) in [5.41, 5.74) is 0.708. The minimum Gasteiger partial charge on any atom is -0.336 e. The third-order valence-corrected chi connectivity index (χ3v) is 3.95. The summed E-state index contributed by atoms with van der Waals surface area (Å²) in [4.78, 5) is 20.7. The molecule has 1 atom stereocenters. The van der Waals surface area contributed by atoms with Crippen LogP contribution in [0.3, 0.4) is 0 Å². The van der Waals surface area contributed by atoms with Crippen molar-refractivity contribution in [2.45, 2.75) is 19.9 Å². The van der Waals surface area contributed by atoms with E-state index in [1.54, 1.807) is 18.5 Å². The predicted octanol–water partition coefficient (Wildman–Crippen LogP) is 1.23. The van der Waals surface area contributed by atoms with Crippen LogP contribution < -0.4 is 10.6 Å². The Hall–Kier alpha value is -1.66. The van der Waals surface area contributed by atoms with Gasteiger partial charge < -0.3 is 15.5 Å². The van der Waals surface area contributed by atoms with Crippen molar-refractivity contribution in [3.8, 4) is 0 Å². The lowest BCUT2D eigenvalue weighted by molar-refractivity contribution is 0.106. The molecule has 0 aliphatic carbocycles. The standard InChI is InChI=1S/C15H25N5O/c1-3-19-7-9-20(10-8-19)13(2)11-17-15(21)18-14-5-4-6-16-12-14/h4-6,12-13H,3,7-11H2,1-2H3,(H2,17,18,21). The Morgan fingerprint density at radius 3 is 2.76 bits per heavy atom. The predicted molar refractivity (Wildman–Crippen MR) is 84.4 cm³/mol. The molecule has 0 spiro atoms. The first kappa shape index (κ1) is 15.7. The normalized spacial score (nSPS) is 18.2. The molecule has 2 heterocycles. The maximum atomic E-state index is 11.8. The van der Waals surface area contributed by atoms with Crippen molar-refractivity contribution in [3.05, 3.63) is 24.5 Å². The van der Waals surface area contributed by atoms with E-state index >= 15 is 0 Å². The molecule has 1 unspecified atom stereocenters. The number of pyridine rings is 1. The SMILES string of the molecule is CCN1CCN(C(C)CNC(=O)Nc2cccnc2)CC1. The van der Waals surface area contributed by atoms with Crippen molar-refractivity contribution in [2.75, 3.05) is 44.6 Å². The number of urea groups is 1. The number of amides is 2. The Morgan fingerprint density at radius 2 is 2.14 bits per heavy atom. The molecule has 2 amide bonds. The highest BCUT2D eigenvalue weighted by Crippen LogP contribution is 2.06. The Balaban J connectivity index is 1.69. The molecule has 21 heavy (non-hydrogen) atoms. The molecule has 0 saturated carbocycles. The summed E-state index contributed by atoms with van der Waals surface area (Å²) >= 11 is 0. The molecule has 1 aromatic heterocycles. The number of carbonyl (C=O) groups is 1. The van der Waals surface area contributed by atoms with Gasteiger partial charge in [0.1, 0.15) is 0 Å². The molecular weight excluding hydrogens is 266 g/mol. The maximum Gasteiger partial charge on any atom is 0.319 e. The Bertz CT molecular complexity index is 431. The lowest BCUT2D eigenvalue weighted by atomic mass is 10.2. The zero-order valence-corrected chi connectivity index (χ0v) is 12.9. The summed E-state index contributed by atoms with van der Waals surface area (Å²) in [6, 6.07) is 3.79. The topological polar surface area (TPSA) is 60.5 Å². The third kappa shape index (κ3) is 4.99. The van der Waals surface area contributed by atoms with Gasteiger partial charge in [-0.15, -0.1) is 0 Å². The van der Waals surface area contributed by atoms with Crippen molar-refractivity contribution in [3.63, 3.8) is 0 Å². The highest BCUT2D eigenvalue weighted by atomic mass is 16.2. The minimum absolute atomic E-state index is 0.179. The van der Waals surface area contributed by atoms with Crippen LogP contribution in [0, 0.1) is 0 Å². The van der Waals surface area contributed by atoms with E-state index in [1.165, 1.54) is 0 Å². The van der Waals surface area contributed by atoms with Crippen molar-refractivity contribution < 1.29 is 4.79 Å². The fraction of sp³-hybridized carbons (Fsp3) is 0.600. The molecule has 0 aromatic carbocycles. The van der Waals surface area contributed by atoms with Crippen LogP contribution >= 0.6 is 0 Å². The highest BCUT2D eigenvalue weighted by Gasteiger charge is 2.20. The van der Waals surface area contributed by atoms with Crippen LogP contribution in [0.2, 0.25) is 0 Å². The molecule has 116 valence electrons. The van der Waals surface area contributed by atoms with Gasteiger partial charge in [-0.05, 0) is 25.6 Å². The van der Waals surface area contributed by atoms with Crippen molar-refractivity contribution >= 4 is 11.7 Å². The highest BCUT2D eigenvalue weighted by molar-refractivity contribution is 5.88. The lowest BCUT2D eigenvalue weighted by Crippen LogP contribution is -2.52. The van der Waals surface area contributed by atoms with E-state index in [4.69, 9.17) is 0 Å². The number of rotatable bonds is 5. The molecule has 0 radical (unpaired) electrons.